The molecule has 110 valence electrons. The molecule has 0 bridgehead atoms. The van der Waals surface area contributed by atoms with E-state index in [9.17, 15) is 9.59 Å². The summed E-state index contributed by atoms with van der Waals surface area (Å²) in [5, 5.41) is 0. The van der Waals surface area contributed by atoms with E-state index in [1.54, 1.807) is 18.4 Å². The van der Waals surface area contributed by atoms with Crippen LogP contribution in [0.4, 0.5) is 0 Å². The smallest absolute Gasteiger partial charge is 0.339 e. The number of aromatic nitrogens is 1. The molecule has 4 heteroatoms. The van der Waals surface area contributed by atoms with E-state index in [0.29, 0.717) is 24.4 Å². The zero-order valence-electron chi connectivity index (χ0n) is 12.3. The van der Waals surface area contributed by atoms with Gasteiger partial charge in [0.15, 0.2) is 0 Å². The highest BCUT2D eigenvalue weighted by atomic mass is 16.5. The first-order chi connectivity index (χ1) is 10.1. The second-order valence-electron chi connectivity index (χ2n) is 4.78. The molecule has 4 nitrogen and oxygen atoms in total. The maximum atomic E-state index is 12.0. The predicted octanol–water partition coefficient (Wildman–Crippen LogP) is 2.58. The van der Waals surface area contributed by atoms with Crippen molar-refractivity contribution in [2.24, 2.45) is 0 Å². The van der Waals surface area contributed by atoms with Crippen molar-refractivity contribution in [2.75, 3.05) is 6.61 Å². The highest BCUT2D eigenvalue weighted by Gasteiger charge is 2.13. The fourth-order valence-corrected chi connectivity index (χ4v) is 2.26. The second-order valence-corrected chi connectivity index (χ2v) is 4.78. The number of nitrogens with zero attached hydrogens (tertiary/aromatic N) is 1. The maximum Gasteiger partial charge on any atom is 0.339 e. The highest BCUT2D eigenvalue weighted by molar-refractivity contribution is 5.90. The molecule has 0 saturated carbocycles. The Hall–Kier alpha value is -2.36. The number of aryl methyl sites for hydroxylation is 1. The van der Waals surface area contributed by atoms with Gasteiger partial charge in [-0.2, -0.15) is 0 Å². The molecule has 0 aliphatic carbocycles. The first kappa shape index (κ1) is 15.0. The number of hydrogen-bond donors (Lipinski definition) is 0. The van der Waals surface area contributed by atoms with Gasteiger partial charge in [-0.15, -0.1) is 0 Å². The largest absolute Gasteiger partial charge is 0.462 e. The Morgan fingerprint density at radius 1 is 1.14 bits per heavy atom. The van der Waals surface area contributed by atoms with Crippen molar-refractivity contribution in [2.45, 2.75) is 26.8 Å². The van der Waals surface area contributed by atoms with Gasteiger partial charge in [0, 0.05) is 18.3 Å². The van der Waals surface area contributed by atoms with Crippen LogP contribution in [0.25, 0.3) is 0 Å². The Bertz CT molecular complexity index is 674. The summed E-state index contributed by atoms with van der Waals surface area (Å²) in [5.41, 5.74) is 2.16. The molecule has 1 aromatic heterocycles. The summed E-state index contributed by atoms with van der Waals surface area (Å²) in [6.45, 7) is 4.40. The molecule has 0 fully saturated rings. The van der Waals surface area contributed by atoms with Crippen molar-refractivity contribution >= 4 is 5.97 Å². The van der Waals surface area contributed by atoms with Crippen LogP contribution in [0, 0.1) is 6.92 Å². The molecule has 0 unspecified atom stereocenters. The topological polar surface area (TPSA) is 48.3 Å². The Labute approximate surface area is 124 Å². The predicted molar refractivity (Wildman–Crippen MR) is 81.5 cm³/mol. The van der Waals surface area contributed by atoms with Crippen molar-refractivity contribution in [3.8, 4) is 0 Å². The summed E-state index contributed by atoms with van der Waals surface area (Å²) in [7, 11) is 0. The van der Waals surface area contributed by atoms with E-state index in [-0.39, 0.29) is 11.5 Å². The van der Waals surface area contributed by atoms with Gasteiger partial charge in [0.1, 0.15) is 0 Å². The minimum Gasteiger partial charge on any atom is -0.462 e. The van der Waals surface area contributed by atoms with E-state index >= 15 is 0 Å². The van der Waals surface area contributed by atoms with Gasteiger partial charge in [0.2, 0.25) is 0 Å². The molecule has 0 N–H and O–H groups in total. The third-order valence-electron chi connectivity index (χ3n) is 3.42. The highest BCUT2D eigenvalue weighted by Crippen LogP contribution is 2.09. The fraction of sp³-hybridized carbons (Fsp3) is 0.294. The van der Waals surface area contributed by atoms with Crippen LogP contribution in [0.2, 0.25) is 0 Å². The zero-order valence-corrected chi connectivity index (χ0v) is 12.3. The standard InChI is InChI=1S/C17H19NO3/c1-3-21-17(20)15-9-10-16(19)18(13(15)2)12-11-14-7-5-4-6-8-14/h4-10H,3,11-12H2,1-2H3. The Morgan fingerprint density at radius 3 is 2.52 bits per heavy atom. The number of benzene rings is 1. The summed E-state index contributed by atoms with van der Waals surface area (Å²) >= 11 is 0. The van der Waals surface area contributed by atoms with Crippen molar-refractivity contribution < 1.29 is 9.53 Å². The first-order valence-electron chi connectivity index (χ1n) is 7.05. The van der Waals surface area contributed by atoms with Crippen molar-refractivity contribution in [3.63, 3.8) is 0 Å². The van der Waals surface area contributed by atoms with E-state index in [2.05, 4.69) is 0 Å². The van der Waals surface area contributed by atoms with Gasteiger partial charge >= 0.3 is 5.97 Å². The van der Waals surface area contributed by atoms with E-state index in [1.165, 1.54) is 12.1 Å². The Morgan fingerprint density at radius 2 is 1.86 bits per heavy atom. The van der Waals surface area contributed by atoms with Crippen LogP contribution in [0.1, 0.15) is 28.5 Å². The summed E-state index contributed by atoms with van der Waals surface area (Å²) in [5.74, 6) is -0.386. The molecule has 2 rings (SSSR count). The normalized spacial score (nSPS) is 10.4. The molecular weight excluding hydrogens is 266 g/mol. The molecule has 0 saturated heterocycles. The monoisotopic (exact) mass is 285 g/mol. The molecule has 0 aliphatic rings. The van der Waals surface area contributed by atoms with Gasteiger partial charge in [-0.05, 0) is 31.9 Å². The number of ether oxygens (including phenoxy) is 1. The Kier molecular flexibility index (Phi) is 4.93. The lowest BCUT2D eigenvalue weighted by atomic mass is 10.1. The lowest BCUT2D eigenvalue weighted by Gasteiger charge is -2.13. The van der Waals surface area contributed by atoms with Gasteiger partial charge in [0.25, 0.3) is 5.56 Å². The average Bonchev–Trinajstić information content (AvgIpc) is 2.48. The van der Waals surface area contributed by atoms with Gasteiger partial charge in [0.05, 0.1) is 12.2 Å². The van der Waals surface area contributed by atoms with Crippen LogP contribution in [0.3, 0.4) is 0 Å². The third kappa shape index (κ3) is 3.60. The first-order valence-corrected chi connectivity index (χ1v) is 7.05. The van der Waals surface area contributed by atoms with Crippen LogP contribution in [0.15, 0.2) is 47.3 Å². The molecule has 0 radical (unpaired) electrons. The molecule has 0 spiro atoms. The molecule has 1 heterocycles. The molecule has 1 aromatic carbocycles. The number of carbonyl (C=O) groups excluding carboxylic acids is 1. The van der Waals surface area contributed by atoms with E-state index in [1.807, 2.05) is 30.3 Å². The lowest BCUT2D eigenvalue weighted by Crippen LogP contribution is -2.25. The number of hydrogen-bond acceptors (Lipinski definition) is 3. The molecule has 0 aliphatic heterocycles. The molecule has 0 amide bonds. The number of rotatable bonds is 5. The zero-order chi connectivity index (χ0) is 15.2. The average molecular weight is 285 g/mol. The fourth-order valence-electron chi connectivity index (χ4n) is 2.26. The molecule has 21 heavy (non-hydrogen) atoms. The van der Waals surface area contributed by atoms with Crippen LogP contribution in [0.5, 0.6) is 0 Å². The van der Waals surface area contributed by atoms with Crippen LogP contribution in [-0.4, -0.2) is 17.1 Å². The lowest BCUT2D eigenvalue weighted by molar-refractivity contribution is 0.0524. The van der Waals surface area contributed by atoms with Gasteiger partial charge in [-0.3, -0.25) is 4.79 Å². The number of pyridine rings is 1. The minimum absolute atomic E-state index is 0.100. The summed E-state index contributed by atoms with van der Waals surface area (Å²) in [6, 6.07) is 12.9. The molecular formula is C17H19NO3. The van der Waals surface area contributed by atoms with Crippen molar-refractivity contribution in [1.82, 2.24) is 4.57 Å². The van der Waals surface area contributed by atoms with Gasteiger partial charge in [-0.1, -0.05) is 30.3 Å². The molecule has 0 atom stereocenters. The number of carbonyl (C=O) groups is 1. The van der Waals surface area contributed by atoms with Crippen LogP contribution in [-0.2, 0) is 17.7 Å². The summed E-state index contributed by atoms with van der Waals surface area (Å²) in [6.07, 6.45) is 0.744. The molecule has 2 aromatic rings. The summed E-state index contributed by atoms with van der Waals surface area (Å²) < 4.78 is 6.64. The van der Waals surface area contributed by atoms with Gasteiger partial charge in [-0.25, -0.2) is 4.79 Å². The van der Waals surface area contributed by atoms with E-state index in [0.717, 1.165) is 12.0 Å². The SMILES string of the molecule is CCOC(=O)c1ccc(=O)n(CCc2ccccc2)c1C. The van der Waals surface area contributed by atoms with Crippen molar-refractivity contribution in [3.05, 3.63) is 69.6 Å². The van der Waals surface area contributed by atoms with E-state index < -0.39 is 0 Å². The van der Waals surface area contributed by atoms with Gasteiger partial charge < -0.3 is 9.30 Å². The van der Waals surface area contributed by atoms with Crippen LogP contribution < -0.4 is 5.56 Å². The van der Waals surface area contributed by atoms with Crippen molar-refractivity contribution in [1.29, 1.82) is 0 Å². The Balaban J connectivity index is 2.24. The van der Waals surface area contributed by atoms with E-state index in [4.69, 9.17) is 4.74 Å². The van der Waals surface area contributed by atoms with Crippen LogP contribution >= 0.6 is 0 Å². The quantitative estimate of drug-likeness (QED) is 0.793. The maximum absolute atomic E-state index is 12.0. The third-order valence-corrected chi connectivity index (χ3v) is 3.42. The number of esters is 1. The summed E-state index contributed by atoms with van der Waals surface area (Å²) in [4.78, 5) is 23.9. The second kappa shape index (κ2) is 6.88. The minimum atomic E-state index is -0.386.